The van der Waals surface area contributed by atoms with Crippen LogP contribution in [0.4, 0.5) is 5.69 Å². The molecule has 0 saturated heterocycles. The second-order valence-electron chi connectivity index (χ2n) is 6.20. The molecule has 5 nitrogen and oxygen atoms in total. The SMILES string of the molecule is Cc1cc(C)cc(OCC(=O)O[C@@H](C)C(=O)Nc2ccc(C)c(Cl)c2)c1. The molecule has 0 radical (unpaired) electrons. The third kappa shape index (κ3) is 5.77. The van der Waals surface area contributed by atoms with Crippen LogP contribution in [0.3, 0.4) is 0 Å². The van der Waals surface area contributed by atoms with Gasteiger partial charge in [-0.3, -0.25) is 4.79 Å². The first kappa shape index (κ1) is 19.8. The molecule has 0 unspecified atom stereocenters. The Balaban J connectivity index is 1.85. The fraction of sp³-hybridized carbons (Fsp3) is 0.300. The average molecular weight is 376 g/mol. The van der Waals surface area contributed by atoms with Crippen LogP contribution in [-0.4, -0.2) is 24.6 Å². The van der Waals surface area contributed by atoms with Crippen LogP contribution in [0.2, 0.25) is 5.02 Å². The highest BCUT2D eigenvalue weighted by atomic mass is 35.5. The van der Waals surface area contributed by atoms with Crippen molar-refractivity contribution in [3.8, 4) is 5.75 Å². The summed E-state index contributed by atoms with van der Waals surface area (Å²) in [6.45, 7) is 6.99. The van der Waals surface area contributed by atoms with Crippen molar-refractivity contribution in [2.45, 2.75) is 33.8 Å². The number of hydrogen-bond acceptors (Lipinski definition) is 4. The first-order chi connectivity index (χ1) is 12.2. The van der Waals surface area contributed by atoms with E-state index in [2.05, 4.69) is 5.32 Å². The van der Waals surface area contributed by atoms with Crippen molar-refractivity contribution in [3.05, 3.63) is 58.1 Å². The van der Waals surface area contributed by atoms with Gasteiger partial charge in [-0.15, -0.1) is 0 Å². The molecule has 6 heteroatoms. The third-order valence-corrected chi connectivity index (χ3v) is 4.08. The van der Waals surface area contributed by atoms with Gasteiger partial charge in [0.1, 0.15) is 5.75 Å². The molecule has 0 aliphatic carbocycles. The molecule has 0 heterocycles. The summed E-state index contributed by atoms with van der Waals surface area (Å²) in [5.74, 6) is -0.468. The van der Waals surface area contributed by atoms with Gasteiger partial charge in [-0.2, -0.15) is 0 Å². The Kier molecular flexibility index (Phi) is 6.64. The number of amides is 1. The molecule has 138 valence electrons. The third-order valence-electron chi connectivity index (χ3n) is 3.67. The average Bonchev–Trinajstić information content (AvgIpc) is 2.55. The minimum atomic E-state index is -0.953. The number of rotatable bonds is 6. The monoisotopic (exact) mass is 375 g/mol. The quantitative estimate of drug-likeness (QED) is 0.768. The number of carbonyl (C=O) groups excluding carboxylic acids is 2. The van der Waals surface area contributed by atoms with Crippen molar-refractivity contribution in [3.63, 3.8) is 0 Å². The highest BCUT2D eigenvalue weighted by molar-refractivity contribution is 6.31. The normalized spacial score (nSPS) is 11.6. The summed E-state index contributed by atoms with van der Waals surface area (Å²) in [7, 11) is 0. The second kappa shape index (κ2) is 8.72. The Morgan fingerprint density at radius 3 is 2.35 bits per heavy atom. The van der Waals surface area contributed by atoms with Crippen LogP contribution in [0.1, 0.15) is 23.6 Å². The van der Waals surface area contributed by atoms with Gasteiger partial charge in [-0.1, -0.05) is 23.7 Å². The first-order valence-electron chi connectivity index (χ1n) is 8.22. The molecule has 0 bridgehead atoms. The van der Waals surface area contributed by atoms with E-state index in [9.17, 15) is 9.59 Å². The number of carbonyl (C=O) groups is 2. The molecule has 0 spiro atoms. The van der Waals surface area contributed by atoms with E-state index in [0.29, 0.717) is 16.5 Å². The lowest BCUT2D eigenvalue weighted by Gasteiger charge is -2.14. The van der Waals surface area contributed by atoms with Crippen LogP contribution in [0.5, 0.6) is 5.75 Å². The molecule has 0 fully saturated rings. The smallest absolute Gasteiger partial charge is 0.344 e. The van der Waals surface area contributed by atoms with Gasteiger partial charge in [0.25, 0.3) is 5.91 Å². The summed E-state index contributed by atoms with van der Waals surface area (Å²) in [6.07, 6.45) is -0.953. The van der Waals surface area contributed by atoms with E-state index in [0.717, 1.165) is 16.7 Å². The standard InChI is InChI=1S/C20H22ClNO4/c1-12-7-13(2)9-17(8-12)25-11-19(23)26-15(4)20(24)22-16-6-5-14(3)18(21)10-16/h5-10,15H,11H2,1-4H3,(H,22,24)/t15-/m0/s1. The van der Waals surface area contributed by atoms with Crippen LogP contribution >= 0.6 is 11.6 Å². The molecule has 1 N–H and O–H groups in total. The van der Waals surface area contributed by atoms with Crippen LogP contribution < -0.4 is 10.1 Å². The van der Waals surface area contributed by atoms with Crippen LogP contribution in [-0.2, 0) is 14.3 Å². The largest absolute Gasteiger partial charge is 0.482 e. The summed E-state index contributed by atoms with van der Waals surface area (Å²) < 4.78 is 10.5. The van der Waals surface area contributed by atoms with Crippen molar-refractivity contribution < 1.29 is 19.1 Å². The fourth-order valence-corrected chi connectivity index (χ4v) is 2.54. The predicted octanol–water partition coefficient (Wildman–Crippen LogP) is 4.21. The summed E-state index contributed by atoms with van der Waals surface area (Å²) in [5.41, 5.74) is 3.53. The van der Waals surface area contributed by atoms with E-state index >= 15 is 0 Å². The van der Waals surface area contributed by atoms with Crippen molar-refractivity contribution >= 4 is 29.2 Å². The van der Waals surface area contributed by atoms with E-state index in [4.69, 9.17) is 21.1 Å². The highest BCUT2D eigenvalue weighted by Gasteiger charge is 2.18. The molecule has 0 aliphatic rings. The summed E-state index contributed by atoms with van der Waals surface area (Å²) in [5, 5.41) is 3.21. The number of aryl methyl sites for hydroxylation is 3. The van der Waals surface area contributed by atoms with E-state index in [1.165, 1.54) is 6.92 Å². The molecule has 0 aliphatic heterocycles. The number of hydrogen-bond donors (Lipinski definition) is 1. The van der Waals surface area contributed by atoms with Gasteiger partial charge in [-0.05, 0) is 68.7 Å². The van der Waals surface area contributed by atoms with Gasteiger partial charge < -0.3 is 14.8 Å². The summed E-state index contributed by atoms with van der Waals surface area (Å²) in [4.78, 5) is 24.0. The van der Waals surface area contributed by atoms with Crippen LogP contribution in [0, 0.1) is 20.8 Å². The molecule has 2 aromatic rings. The second-order valence-corrected chi connectivity index (χ2v) is 6.60. The fourth-order valence-electron chi connectivity index (χ4n) is 2.36. The van der Waals surface area contributed by atoms with Crippen molar-refractivity contribution in [2.24, 2.45) is 0 Å². The molecule has 26 heavy (non-hydrogen) atoms. The Labute approximate surface area is 158 Å². The molecule has 2 rings (SSSR count). The summed E-state index contributed by atoms with van der Waals surface area (Å²) in [6, 6.07) is 10.8. The maximum atomic E-state index is 12.1. The number of anilines is 1. The number of nitrogens with one attached hydrogen (secondary N) is 1. The zero-order chi connectivity index (χ0) is 19.3. The molecule has 2 aromatic carbocycles. The van der Waals surface area contributed by atoms with Gasteiger partial charge in [0.05, 0.1) is 0 Å². The lowest BCUT2D eigenvalue weighted by Crippen LogP contribution is -2.31. The van der Waals surface area contributed by atoms with Gasteiger partial charge in [-0.25, -0.2) is 4.79 Å². The Bertz CT molecular complexity index is 799. The minimum Gasteiger partial charge on any atom is -0.482 e. The van der Waals surface area contributed by atoms with Crippen LogP contribution in [0.15, 0.2) is 36.4 Å². The number of benzene rings is 2. The van der Waals surface area contributed by atoms with Crippen molar-refractivity contribution in [1.29, 1.82) is 0 Å². The predicted molar refractivity (Wildman–Crippen MR) is 102 cm³/mol. The topological polar surface area (TPSA) is 64.6 Å². The molecule has 0 aromatic heterocycles. The van der Waals surface area contributed by atoms with E-state index in [1.807, 2.05) is 39.0 Å². The maximum Gasteiger partial charge on any atom is 0.344 e. The Hall–Kier alpha value is -2.53. The lowest BCUT2D eigenvalue weighted by molar-refractivity contribution is -0.155. The molecular weight excluding hydrogens is 354 g/mol. The van der Waals surface area contributed by atoms with Gasteiger partial charge in [0.2, 0.25) is 0 Å². The molecular formula is C20H22ClNO4. The Morgan fingerprint density at radius 2 is 1.73 bits per heavy atom. The van der Waals surface area contributed by atoms with Crippen molar-refractivity contribution in [1.82, 2.24) is 0 Å². The van der Waals surface area contributed by atoms with E-state index < -0.39 is 18.0 Å². The molecule has 1 atom stereocenters. The number of esters is 1. The number of halogens is 1. The lowest BCUT2D eigenvalue weighted by atomic mass is 10.1. The van der Waals surface area contributed by atoms with E-state index in [1.54, 1.807) is 18.2 Å². The maximum absolute atomic E-state index is 12.1. The minimum absolute atomic E-state index is 0.267. The van der Waals surface area contributed by atoms with E-state index in [-0.39, 0.29) is 6.61 Å². The molecule has 0 saturated carbocycles. The van der Waals surface area contributed by atoms with Gasteiger partial charge >= 0.3 is 5.97 Å². The summed E-state index contributed by atoms with van der Waals surface area (Å²) >= 11 is 6.03. The highest BCUT2D eigenvalue weighted by Crippen LogP contribution is 2.20. The van der Waals surface area contributed by atoms with Crippen LogP contribution in [0.25, 0.3) is 0 Å². The first-order valence-corrected chi connectivity index (χ1v) is 8.60. The zero-order valence-corrected chi connectivity index (χ0v) is 16.0. The Morgan fingerprint density at radius 1 is 1.08 bits per heavy atom. The van der Waals surface area contributed by atoms with Crippen molar-refractivity contribution in [2.75, 3.05) is 11.9 Å². The van der Waals surface area contributed by atoms with Gasteiger partial charge in [0.15, 0.2) is 12.7 Å². The zero-order valence-electron chi connectivity index (χ0n) is 15.3. The number of ether oxygens (including phenoxy) is 2. The molecule has 1 amide bonds. The van der Waals surface area contributed by atoms with Gasteiger partial charge in [0, 0.05) is 10.7 Å².